The van der Waals surface area contributed by atoms with Gasteiger partial charge in [0.1, 0.15) is 17.5 Å². The minimum atomic E-state index is -0.625. The van der Waals surface area contributed by atoms with Gasteiger partial charge in [-0.3, -0.25) is 4.79 Å². The maximum atomic E-state index is 12.4. The number of hydrogen-bond acceptors (Lipinski definition) is 6. The van der Waals surface area contributed by atoms with E-state index in [0.29, 0.717) is 23.1 Å². The molecule has 1 aliphatic rings. The van der Waals surface area contributed by atoms with Crippen LogP contribution in [0.25, 0.3) is 5.57 Å². The van der Waals surface area contributed by atoms with Crippen LogP contribution in [0.3, 0.4) is 0 Å². The number of benzene rings is 1. The number of hydrogen-bond donors (Lipinski definition) is 0. The molecule has 0 aromatic heterocycles. The molecule has 1 aliphatic heterocycles. The highest BCUT2D eigenvalue weighted by Crippen LogP contribution is 2.35. The molecule has 0 fully saturated rings. The van der Waals surface area contributed by atoms with E-state index in [1.165, 1.54) is 13.2 Å². The average Bonchev–Trinajstić information content (AvgIpc) is 2.67. The molecule has 1 unspecified atom stereocenters. The maximum Gasteiger partial charge on any atom is 0.341 e. The normalized spacial score (nSPS) is 15.6. The molecule has 6 heteroatoms. The molecule has 0 aliphatic carbocycles. The SMILES string of the molecule is C=CCCOC(=O)C1=COC(/C=C(\CC(C)=O)C(=O)OCC)c2ccccc21. The summed E-state index contributed by atoms with van der Waals surface area (Å²) in [6.45, 7) is 7.13. The van der Waals surface area contributed by atoms with Crippen molar-refractivity contribution in [2.24, 2.45) is 0 Å². The second-order valence-electron chi connectivity index (χ2n) is 6.18. The summed E-state index contributed by atoms with van der Waals surface area (Å²) >= 11 is 0. The lowest BCUT2D eigenvalue weighted by Crippen LogP contribution is -2.17. The number of ether oxygens (including phenoxy) is 3. The van der Waals surface area contributed by atoms with Crippen LogP contribution < -0.4 is 0 Å². The number of carbonyl (C=O) groups is 3. The molecule has 1 aromatic carbocycles. The van der Waals surface area contributed by atoms with Gasteiger partial charge in [0.2, 0.25) is 0 Å². The Labute approximate surface area is 164 Å². The van der Waals surface area contributed by atoms with Gasteiger partial charge >= 0.3 is 11.9 Å². The molecule has 6 nitrogen and oxygen atoms in total. The zero-order valence-electron chi connectivity index (χ0n) is 16.1. The second-order valence-corrected chi connectivity index (χ2v) is 6.18. The Kier molecular flexibility index (Phi) is 7.75. The fourth-order valence-electron chi connectivity index (χ4n) is 2.74. The zero-order valence-corrected chi connectivity index (χ0v) is 16.1. The smallest absolute Gasteiger partial charge is 0.341 e. The van der Waals surface area contributed by atoms with Crippen LogP contribution in [0, 0.1) is 0 Å². The number of rotatable bonds is 9. The zero-order chi connectivity index (χ0) is 20.5. The van der Waals surface area contributed by atoms with Gasteiger partial charge in [0, 0.05) is 17.6 Å². The highest BCUT2D eigenvalue weighted by molar-refractivity contribution is 6.17. The molecule has 0 N–H and O–H groups in total. The van der Waals surface area contributed by atoms with E-state index in [1.807, 2.05) is 6.07 Å². The number of ketones is 1. The topological polar surface area (TPSA) is 78.9 Å². The van der Waals surface area contributed by atoms with Crippen molar-refractivity contribution >= 4 is 23.3 Å². The van der Waals surface area contributed by atoms with Crippen molar-refractivity contribution in [3.63, 3.8) is 0 Å². The molecule has 28 heavy (non-hydrogen) atoms. The van der Waals surface area contributed by atoms with Gasteiger partial charge in [-0.15, -0.1) is 6.58 Å². The van der Waals surface area contributed by atoms with Crippen LogP contribution in [0.5, 0.6) is 0 Å². The molecule has 0 saturated heterocycles. The van der Waals surface area contributed by atoms with Crippen molar-refractivity contribution in [1.82, 2.24) is 0 Å². The molecule has 1 aromatic rings. The van der Waals surface area contributed by atoms with E-state index in [2.05, 4.69) is 6.58 Å². The predicted molar refractivity (Wildman–Crippen MR) is 104 cm³/mol. The Morgan fingerprint density at radius 2 is 1.96 bits per heavy atom. The molecule has 0 bridgehead atoms. The summed E-state index contributed by atoms with van der Waals surface area (Å²) in [5.74, 6) is -1.21. The molecule has 0 saturated carbocycles. The fraction of sp³-hybridized carbons (Fsp3) is 0.318. The van der Waals surface area contributed by atoms with E-state index in [4.69, 9.17) is 14.2 Å². The van der Waals surface area contributed by atoms with Crippen LogP contribution in [-0.4, -0.2) is 30.9 Å². The summed E-state index contributed by atoms with van der Waals surface area (Å²) < 4.78 is 16.0. The average molecular weight is 384 g/mol. The van der Waals surface area contributed by atoms with Gasteiger partial charge in [-0.2, -0.15) is 0 Å². The molecule has 0 spiro atoms. The van der Waals surface area contributed by atoms with Gasteiger partial charge in [-0.05, 0) is 31.9 Å². The van der Waals surface area contributed by atoms with Gasteiger partial charge < -0.3 is 14.2 Å². The first-order valence-electron chi connectivity index (χ1n) is 9.08. The Hall–Kier alpha value is -3.15. The quantitative estimate of drug-likeness (QED) is 0.280. The summed E-state index contributed by atoms with van der Waals surface area (Å²) in [5.41, 5.74) is 1.88. The fourth-order valence-corrected chi connectivity index (χ4v) is 2.74. The highest BCUT2D eigenvalue weighted by atomic mass is 16.5. The van der Waals surface area contributed by atoms with Crippen LogP contribution in [0.15, 0.2) is 54.8 Å². The monoisotopic (exact) mass is 384 g/mol. The van der Waals surface area contributed by atoms with Crippen molar-refractivity contribution in [3.05, 3.63) is 66.0 Å². The Morgan fingerprint density at radius 1 is 1.21 bits per heavy atom. The summed E-state index contributed by atoms with van der Waals surface area (Å²) in [4.78, 5) is 36.1. The van der Waals surface area contributed by atoms with Crippen LogP contribution in [0.2, 0.25) is 0 Å². The molecule has 0 amide bonds. The summed E-state index contributed by atoms with van der Waals surface area (Å²) in [5, 5.41) is 0. The van der Waals surface area contributed by atoms with Crippen molar-refractivity contribution in [1.29, 1.82) is 0 Å². The first kappa shape index (κ1) is 21.2. The molecule has 2 rings (SSSR count). The first-order valence-corrected chi connectivity index (χ1v) is 9.08. The lowest BCUT2D eigenvalue weighted by molar-refractivity contribution is -0.139. The van der Waals surface area contributed by atoms with Crippen molar-refractivity contribution < 1.29 is 28.6 Å². The molecule has 1 heterocycles. The summed E-state index contributed by atoms with van der Waals surface area (Å²) in [7, 11) is 0. The van der Waals surface area contributed by atoms with Gasteiger partial charge in [-0.1, -0.05) is 30.3 Å². The van der Waals surface area contributed by atoms with Crippen LogP contribution in [0.4, 0.5) is 0 Å². The Balaban J connectivity index is 2.33. The minimum absolute atomic E-state index is 0.0545. The summed E-state index contributed by atoms with van der Waals surface area (Å²) in [6, 6.07) is 7.20. The van der Waals surface area contributed by atoms with Gasteiger partial charge in [0.25, 0.3) is 0 Å². The van der Waals surface area contributed by atoms with Gasteiger partial charge in [0.15, 0.2) is 0 Å². The molecular weight excluding hydrogens is 360 g/mol. The third-order valence-electron chi connectivity index (χ3n) is 3.99. The number of fused-ring (bicyclic) bond motifs is 1. The van der Waals surface area contributed by atoms with Gasteiger partial charge in [-0.25, -0.2) is 9.59 Å². The molecule has 1 atom stereocenters. The first-order chi connectivity index (χ1) is 13.5. The minimum Gasteiger partial charge on any atom is -0.488 e. The van der Waals surface area contributed by atoms with E-state index >= 15 is 0 Å². The van der Waals surface area contributed by atoms with E-state index < -0.39 is 18.0 Å². The standard InChI is InChI=1S/C22H24O6/c1-4-6-11-27-22(25)19-14-28-20(18-10-8-7-9-17(18)19)13-16(12-15(3)23)21(24)26-5-2/h4,7-10,13-14,20H,1,5-6,11-12H2,2-3H3/b16-13+. The van der Waals surface area contributed by atoms with Crippen molar-refractivity contribution in [3.8, 4) is 0 Å². The lowest BCUT2D eigenvalue weighted by atomic mass is 9.93. The van der Waals surface area contributed by atoms with E-state index in [9.17, 15) is 14.4 Å². The highest BCUT2D eigenvalue weighted by Gasteiger charge is 2.27. The molecule has 0 radical (unpaired) electrons. The van der Waals surface area contributed by atoms with Crippen LogP contribution >= 0.6 is 0 Å². The van der Waals surface area contributed by atoms with Crippen molar-refractivity contribution in [2.75, 3.05) is 13.2 Å². The third-order valence-corrected chi connectivity index (χ3v) is 3.99. The Morgan fingerprint density at radius 3 is 2.64 bits per heavy atom. The third kappa shape index (κ3) is 5.42. The number of esters is 2. The van der Waals surface area contributed by atoms with Gasteiger partial charge in [0.05, 0.1) is 19.5 Å². The largest absolute Gasteiger partial charge is 0.488 e. The van der Waals surface area contributed by atoms with Crippen LogP contribution in [-0.2, 0) is 28.6 Å². The number of carbonyl (C=O) groups excluding carboxylic acids is 3. The summed E-state index contributed by atoms with van der Waals surface area (Å²) in [6.07, 6.45) is 4.44. The Bertz CT molecular complexity index is 818. The van der Waals surface area contributed by atoms with E-state index in [-0.39, 0.29) is 31.0 Å². The van der Waals surface area contributed by atoms with E-state index in [0.717, 1.165) is 0 Å². The van der Waals surface area contributed by atoms with Crippen molar-refractivity contribution in [2.45, 2.75) is 32.8 Å². The molecular formula is C22H24O6. The molecule has 148 valence electrons. The maximum absolute atomic E-state index is 12.4. The van der Waals surface area contributed by atoms with Crippen LogP contribution in [0.1, 0.15) is 43.9 Å². The number of Topliss-reactive ketones (excluding diaryl/α,β-unsaturated/α-hetero) is 1. The predicted octanol–water partition coefficient (Wildman–Crippen LogP) is 3.69. The second kappa shape index (κ2) is 10.3. The van der Waals surface area contributed by atoms with E-state index in [1.54, 1.807) is 37.3 Å². The lowest BCUT2D eigenvalue weighted by Gasteiger charge is -2.24.